The third-order valence-electron chi connectivity index (χ3n) is 4.33. The molecule has 1 amide bonds. The van der Waals surface area contributed by atoms with Crippen LogP contribution >= 0.6 is 11.8 Å². The Morgan fingerprint density at radius 3 is 2.91 bits per heavy atom. The number of rotatable bonds is 5. The van der Waals surface area contributed by atoms with Crippen molar-refractivity contribution in [3.8, 4) is 0 Å². The third-order valence-corrected chi connectivity index (χ3v) is 5.32. The number of hydrogen-bond acceptors (Lipinski definition) is 3. The summed E-state index contributed by atoms with van der Waals surface area (Å²) < 4.78 is 0. The highest BCUT2D eigenvalue weighted by Crippen LogP contribution is 2.26. The van der Waals surface area contributed by atoms with Crippen molar-refractivity contribution in [2.75, 3.05) is 18.1 Å². The maximum Gasteiger partial charge on any atom is 0.220 e. The zero-order chi connectivity index (χ0) is 15.4. The first kappa shape index (κ1) is 15.4. The quantitative estimate of drug-likeness (QED) is 0.793. The first-order valence-corrected chi connectivity index (χ1v) is 8.94. The molecule has 1 saturated heterocycles. The van der Waals surface area contributed by atoms with Crippen LogP contribution in [-0.4, -0.2) is 39.6 Å². The van der Waals surface area contributed by atoms with Gasteiger partial charge in [-0.15, -0.1) is 0 Å². The summed E-state index contributed by atoms with van der Waals surface area (Å²) >= 11 is 1.86. The van der Waals surface area contributed by atoms with Crippen LogP contribution in [0.2, 0.25) is 0 Å². The van der Waals surface area contributed by atoms with Gasteiger partial charge in [-0.05, 0) is 42.4 Å². The van der Waals surface area contributed by atoms with Gasteiger partial charge in [-0.3, -0.25) is 4.79 Å². The number of nitrogens with one attached hydrogen (secondary N) is 2. The van der Waals surface area contributed by atoms with Crippen molar-refractivity contribution >= 4 is 28.6 Å². The number of aromatic amines is 1. The number of aliphatic hydroxyl groups is 1. The molecular weight excluding hydrogens is 296 g/mol. The number of benzene rings is 1. The van der Waals surface area contributed by atoms with Gasteiger partial charge < -0.3 is 15.4 Å². The molecule has 0 spiro atoms. The van der Waals surface area contributed by atoms with Gasteiger partial charge >= 0.3 is 0 Å². The second kappa shape index (κ2) is 6.75. The van der Waals surface area contributed by atoms with Gasteiger partial charge in [0.05, 0.1) is 5.60 Å². The number of carbonyl (C=O) groups is 1. The number of hydrogen-bond donors (Lipinski definition) is 3. The van der Waals surface area contributed by atoms with E-state index in [2.05, 4.69) is 16.4 Å². The van der Waals surface area contributed by atoms with E-state index < -0.39 is 5.60 Å². The summed E-state index contributed by atoms with van der Waals surface area (Å²) in [7, 11) is 0. The van der Waals surface area contributed by atoms with E-state index in [0.717, 1.165) is 29.9 Å². The van der Waals surface area contributed by atoms with Crippen molar-refractivity contribution in [3.63, 3.8) is 0 Å². The lowest BCUT2D eigenvalue weighted by Gasteiger charge is -2.31. The molecule has 1 aromatic carbocycles. The minimum Gasteiger partial charge on any atom is -0.388 e. The normalized spacial score (nSPS) is 17.5. The molecule has 3 N–H and O–H groups in total. The van der Waals surface area contributed by atoms with Crippen LogP contribution in [0.25, 0.3) is 10.9 Å². The van der Waals surface area contributed by atoms with Crippen molar-refractivity contribution in [3.05, 3.63) is 36.0 Å². The molecule has 3 rings (SSSR count). The Balaban J connectivity index is 1.50. The summed E-state index contributed by atoms with van der Waals surface area (Å²) in [6.45, 7) is 0.375. The van der Waals surface area contributed by atoms with E-state index in [-0.39, 0.29) is 5.91 Å². The van der Waals surface area contributed by atoms with Crippen LogP contribution < -0.4 is 5.32 Å². The summed E-state index contributed by atoms with van der Waals surface area (Å²) in [5, 5.41) is 14.5. The summed E-state index contributed by atoms with van der Waals surface area (Å²) in [5.41, 5.74) is 1.56. The highest BCUT2D eigenvalue weighted by molar-refractivity contribution is 7.99. The first-order valence-electron chi connectivity index (χ1n) is 7.78. The zero-order valence-corrected chi connectivity index (χ0v) is 13.4. The molecule has 1 aromatic heterocycles. The Labute approximate surface area is 134 Å². The minimum atomic E-state index is -0.707. The van der Waals surface area contributed by atoms with E-state index in [4.69, 9.17) is 0 Å². The Morgan fingerprint density at radius 2 is 2.09 bits per heavy atom. The zero-order valence-electron chi connectivity index (χ0n) is 12.6. The van der Waals surface area contributed by atoms with Crippen LogP contribution in [0, 0.1) is 0 Å². The van der Waals surface area contributed by atoms with Gasteiger partial charge in [-0.2, -0.15) is 11.8 Å². The third kappa shape index (κ3) is 3.65. The van der Waals surface area contributed by atoms with Crippen LogP contribution in [0.3, 0.4) is 0 Å². The van der Waals surface area contributed by atoms with Gasteiger partial charge in [0, 0.05) is 30.1 Å². The molecule has 2 heterocycles. The van der Waals surface area contributed by atoms with Crippen LogP contribution in [0.5, 0.6) is 0 Å². The predicted molar refractivity (Wildman–Crippen MR) is 91.1 cm³/mol. The smallest absolute Gasteiger partial charge is 0.220 e. The number of fused-ring (bicyclic) bond motifs is 1. The maximum atomic E-state index is 12.0. The van der Waals surface area contributed by atoms with Crippen LogP contribution in [0.1, 0.15) is 24.8 Å². The van der Waals surface area contributed by atoms with E-state index in [1.807, 2.05) is 36.2 Å². The molecule has 0 aliphatic carbocycles. The molecule has 0 radical (unpaired) electrons. The molecule has 0 bridgehead atoms. The molecule has 118 valence electrons. The van der Waals surface area contributed by atoms with Gasteiger partial charge in [0.25, 0.3) is 0 Å². The summed E-state index contributed by atoms with van der Waals surface area (Å²) in [6, 6.07) is 8.12. The number of para-hydroxylation sites is 1. The molecule has 0 saturated carbocycles. The highest BCUT2D eigenvalue weighted by atomic mass is 32.2. The maximum absolute atomic E-state index is 12.0. The molecule has 2 aromatic rings. The molecule has 22 heavy (non-hydrogen) atoms. The Kier molecular flexibility index (Phi) is 4.74. The Morgan fingerprint density at radius 1 is 1.32 bits per heavy atom. The fourth-order valence-corrected chi connectivity index (χ4v) is 4.12. The largest absolute Gasteiger partial charge is 0.388 e. The fourth-order valence-electron chi connectivity index (χ4n) is 2.87. The summed E-state index contributed by atoms with van der Waals surface area (Å²) in [5.74, 6) is 1.96. The molecule has 5 heteroatoms. The lowest BCUT2D eigenvalue weighted by atomic mass is 9.97. The van der Waals surface area contributed by atoms with Crippen molar-refractivity contribution in [2.24, 2.45) is 0 Å². The van der Waals surface area contributed by atoms with Gasteiger partial charge in [0.1, 0.15) is 0 Å². The number of H-pyrrole nitrogens is 1. The summed E-state index contributed by atoms with van der Waals surface area (Å²) in [4.78, 5) is 15.2. The lowest BCUT2D eigenvalue weighted by molar-refractivity contribution is -0.122. The first-order chi connectivity index (χ1) is 10.7. The van der Waals surface area contributed by atoms with Gasteiger partial charge in [-0.25, -0.2) is 0 Å². The average molecular weight is 318 g/mol. The van der Waals surface area contributed by atoms with Crippen molar-refractivity contribution in [2.45, 2.75) is 31.3 Å². The van der Waals surface area contributed by atoms with E-state index in [9.17, 15) is 9.90 Å². The van der Waals surface area contributed by atoms with Crippen LogP contribution in [-0.2, 0) is 11.2 Å². The van der Waals surface area contributed by atoms with E-state index in [1.54, 1.807) is 0 Å². The number of aromatic nitrogens is 1. The molecule has 4 nitrogen and oxygen atoms in total. The number of amides is 1. The molecular formula is C17H22N2O2S. The van der Waals surface area contributed by atoms with Crippen molar-refractivity contribution in [1.82, 2.24) is 10.3 Å². The van der Waals surface area contributed by atoms with Gasteiger partial charge in [0.2, 0.25) is 5.91 Å². The van der Waals surface area contributed by atoms with Crippen molar-refractivity contribution < 1.29 is 9.90 Å². The SMILES string of the molecule is O=C(CCc1c[nH]c2ccccc12)NCC1(O)CCSCC1. The lowest BCUT2D eigenvalue weighted by Crippen LogP contribution is -2.45. The van der Waals surface area contributed by atoms with E-state index in [1.165, 1.54) is 10.9 Å². The van der Waals surface area contributed by atoms with E-state index >= 15 is 0 Å². The molecule has 1 aliphatic rings. The highest BCUT2D eigenvalue weighted by Gasteiger charge is 2.29. The van der Waals surface area contributed by atoms with Crippen LogP contribution in [0.4, 0.5) is 0 Å². The molecule has 0 atom stereocenters. The Bertz CT molecular complexity index is 647. The minimum absolute atomic E-state index is 0.0110. The fraction of sp³-hybridized carbons (Fsp3) is 0.471. The molecule has 0 unspecified atom stereocenters. The predicted octanol–water partition coefficient (Wildman–Crippen LogP) is 2.47. The average Bonchev–Trinajstić information content (AvgIpc) is 2.95. The number of aryl methyl sites for hydroxylation is 1. The second-order valence-electron chi connectivity index (χ2n) is 5.97. The molecule has 1 aliphatic heterocycles. The Hall–Kier alpha value is -1.46. The molecule has 1 fully saturated rings. The summed E-state index contributed by atoms with van der Waals surface area (Å²) in [6.07, 6.45) is 4.67. The second-order valence-corrected chi connectivity index (χ2v) is 7.20. The number of thioether (sulfide) groups is 1. The van der Waals surface area contributed by atoms with Gasteiger partial charge in [0.15, 0.2) is 0 Å². The standard InChI is InChI=1S/C17H22N2O2S/c20-16(19-12-17(21)7-9-22-10-8-17)6-5-13-11-18-15-4-2-1-3-14(13)15/h1-4,11,18,21H,5-10,12H2,(H,19,20). The van der Waals surface area contributed by atoms with E-state index in [0.29, 0.717) is 19.4 Å². The number of carbonyl (C=O) groups excluding carboxylic acids is 1. The van der Waals surface area contributed by atoms with Gasteiger partial charge in [-0.1, -0.05) is 18.2 Å². The van der Waals surface area contributed by atoms with Crippen LogP contribution in [0.15, 0.2) is 30.5 Å². The topological polar surface area (TPSA) is 65.1 Å². The van der Waals surface area contributed by atoms with Crippen molar-refractivity contribution in [1.29, 1.82) is 0 Å². The monoisotopic (exact) mass is 318 g/mol.